The van der Waals surface area contributed by atoms with Gasteiger partial charge in [0.05, 0.1) is 9.90 Å². The van der Waals surface area contributed by atoms with E-state index in [1.807, 2.05) is 11.8 Å². The number of benzene rings is 1. The molecule has 2 heterocycles. The van der Waals surface area contributed by atoms with Gasteiger partial charge in [-0.1, -0.05) is 45.4 Å². The van der Waals surface area contributed by atoms with E-state index in [1.165, 1.54) is 11.3 Å². The van der Waals surface area contributed by atoms with Gasteiger partial charge in [0.1, 0.15) is 5.69 Å². The predicted molar refractivity (Wildman–Crippen MR) is 140 cm³/mol. The Bertz CT molecular complexity index is 1210. The van der Waals surface area contributed by atoms with Crippen LogP contribution in [0.15, 0.2) is 34.5 Å². The normalized spacial score (nSPS) is 19.8. The van der Waals surface area contributed by atoms with Crippen LogP contribution in [0, 0.1) is 23.7 Å². The Balaban J connectivity index is 1.23. The molecular formula is C26H36N4O4S2. The van der Waals surface area contributed by atoms with E-state index >= 15 is 0 Å². The smallest absolute Gasteiger partial charge is 0.270 e. The summed E-state index contributed by atoms with van der Waals surface area (Å²) in [6.07, 6.45) is 1.68. The van der Waals surface area contributed by atoms with Crippen LogP contribution in [0.4, 0.5) is 0 Å². The summed E-state index contributed by atoms with van der Waals surface area (Å²) in [5, 5.41) is 5.39. The lowest BCUT2D eigenvalue weighted by molar-refractivity contribution is -0.134. The quantitative estimate of drug-likeness (QED) is 0.506. The topological polar surface area (TPSA) is 108 Å². The summed E-state index contributed by atoms with van der Waals surface area (Å²) >= 11 is 1.47. The highest BCUT2D eigenvalue weighted by Crippen LogP contribution is 2.68. The van der Waals surface area contributed by atoms with Gasteiger partial charge in [-0.25, -0.2) is 18.1 Å². The molecule has 8 nitrogen and oxygen atoms in total. The zero-order valence-corrected chi connectivity index (χ0v) is 23.3. The fraction of sp³-hybridized carbons (Fsp3) is 0.577. The summed E-state index contributed by atoms with van der Waals surface area (Å²) in [5.74, 6) is 0.263. The van der Waals surface area contributed by atoms with Gasteiger partial charge in [0, 0.05) is 43.4 Å². The largest absolute Gasteiger partial charge is 0.349 e. The van der Waals surface area contributed by atoms with Gasteiger partial charge in [-0.05, 0) is 42.7 Å². The maximum absolute atomic E-state index is 13.0. The molecule has 1 aromatic carbocycles. The molecule has 0 bridgehead atoms. The first-order chi connectivity index (χ1) is 16.8. The lowest BCUT2D eigenvalue weighted by atomic mass is 9.96. The molecule has 2 N–H and O–H groups in total. The number of nitrogens with zero attached hydrogens (tertiary/aromatic N) is 2. The number of sulfonamides is 1. The molecule has 0 spiro atoms. The molecule has 1 saturated heterocycles. The van der Waals surface area contributed by atoms with Gasteiger partial charge >= 0.3 is 0 Å². The number of aryl methyl sites for hydroxylation is 1. The third-order valence-electron chi connectivity index (χ3n) is 8.21. The molecule has 2 aliphatic rings. The summed E-state index contributed by atoms with van der Waals surface area (Å²) in [4.78, 5) is 32.3. The fourth-order valence-electron chi connectivity index (χ4n) is 5.18. The lowest BCUT2D eigenvalue weighted by Gasteiger charge is -2.31. The number of likely N-dealkylation sites (tertiary alicyclic amines) is 1. The zero-order valence-electron chi connectivity index (χ0n) is 21.6. The molecule has 2 amide bonds. The minimum Gasteiger partial charge on any atom is -0.349 e. The number of nitrogens with one attached hydrogen (secondary N) is 2. The fourth-order valence-corrected chi connectivity index (χ4v) is 7.18. The van der Waals surface area contributed by atoms with Crippen LogP contribution in [0.5, 0.6) is 0 Å². The van der Waals surface area contributed by atoms with Gasteiger partial charge in [0.25, 0.3) is 5.91 Å². The molecule has 2 aromatic rings. The van der Waals surface area contributed by atoms with Gasteiger partial charge in [-0.2, -0.15) is 0 Å². The van der Waals surface area contributed by atoms with E-state index in [-0.39, 0.29) is 52.5 Å². The van der Waals surface area contributed by atoms with Crippen molar-refractivity contribution in [1.29, 1.82) is 0 Å². The molecule has 0 radical (unpaired) electrons. The average Bonchev–Trinajstić information content (AvgIpc) is 3.15. The molecule has 10 heteroatoms. The summed E-state index contributed by atoms with van der Waals surface area (Å²) in [6.45, 7) is 12.2. The van der Waals surface area contributed by atoms with Gasteiger partial charge in [-0.15, -0.1) is 11.3 Å². The number of hydrogen-bond donors (Lipinski definition) is 2. The molecule has 1 aliphatic heterocycles. The second kappa shape index (κ2) is 9.87. The number of hydrogen-bond acceptors (Lipinski definition) is 6. The monoisotopic (exact) mass is 532 g/mol. The first-order valence-electron chi connectivity index (χ1n) is 12.4. The number of carbonyl (C=O) groups is 2. The Morgan fingerprint density at radius 3 is 2.25 bits per heavy atom. The van der Waals surface area contributed by atoms with Gasteiger partial charge in [-0.3, -0.25) is 9.59 Å². The lowest BCUT2D eigenvalue weighted by Crippen LogP contribution is -2.40. The van der Waals surface area contributed by atoms with Crippen LogP contribution in [0.25, 0.3) is 0 Å². The molecule has 1 aromatic heterocycles. The first kappa shape index (κ1) is 26.8. The maximum atomic E-state index is 13.0. The molecular weight excluding hydrogens is 496 g/mol. The van der Waals surface area contributed by atoms with E-state index in [4.69, 9.17) is 0 Å². The van der Waals surface area contributed by atoms with Crippen molar-refractivity contribution in [3.8, 4) is 0 Å². The molecule has 196 valence electrons. The number of rotatable bonds is 8. The Kier molecular flexibility index (Phi) is 7.34. The molecule has 36 heavy (non-hydrogen) atoms. The van der Waals surface area contributed by atoms with Crippen molar-refractivity contribution >= 4 is 33.2 Å². The summed E-state index contributed by atoms with van der Waals surface area (Å²) in [5.41, 5.74) is 1.41. The Labute approximate surface area is 217 Å². The second-order valence-corrected chi connectivity index (χ2v) is 13.7. The summed E-state index contributed by atoms with van der Waals surface area (Å²) < 4.78 is 27.2. The predicted octanol–water partition coefficient (Wildman–Crippen LogP) is 3.55. The van der Waals surface area contributed by atoms with E-state index in [2.05, 4.69) is 42.7 Å². The van der Waals surface area contributed by atoms with Crippen LogP contribution in [0.3, 0.4) is 0 Å². The highest BCUT2D eigenvalue weighted by atomic mass is 32.2. The third-order valence-corrected chi connectivity index (χ3v) is 10.7. The number of amides is 2. The van der Waals surface area contributed by atoms with Gasteiger partial charge in [0.2, 0.25) is 15.9 Å². The van der Waals surface area contributed by atoms with Crippen molar-refractivity contribution in [3.63, 3.8) is 0 Å². The minimum atomic E-state index is -3.62. The second-order valence-electron chi connectivity index (χ2n) is 11.0. The van der Waals surface area contributed by atoms with Crippen LogP contribution in [0.1, 0.15) is 67.5 Å². The van der Waals surface area contributed by atoms with Crippen molar-refractivity contribution in [2.75, 3.05) is 26.2 Å². The molecule has 0 unspecified atom stereocenters. The SMILES string of the molecule is Cc1ccc(S(=O)(=O)NCCNC(=O)c2csc(C3CCN(C(=O)C4C(C)(C)C4(C)C)CC3)n2)cc1. The van der Waals surface area contributed by atoms with Crippen molar-refractivity contribution in [2.24, 2.45) is 16.7 Å². The molecule has 2 fully saturated rings. The van der Waals surface area contributed by atoms with Gasteiger partial charge < -0.3 is 10.2 Å². The highest BCUT2D eigenvalue weighted by molar-refractivity contribution is 7.89. The van der Waals surface area contributed by atoms with E-state index in [0.29, 0.717) is 18.8 Å². The molecule has 1 saturated carbocycles. The van der Waals surface area contributed by atoms with Crippen molar-refractivity contribution in [3.05, 3.63) is 45.9 Å². The molecule has 1 aliphatic carbocycles. The number of aromatic nitrogens is 1. The van der Waals surface area contributed by atoms with E-state index in [0.717, 1.165) is 23.4 Å². The van der Waals surface area contributed by atoms with Crippen molar-refractivity contribution < 1.29 is 18.0 Å². The Morgan fingerprint density at radius 1 is 1.06 bits per heavy atom. The van der Waals surface area contributed by atoms with E-state index in [9.17, 15) is 18.0 Å². The van der Waals surface area contributed by atoms with E-state index < -0.39 is 10.0 Å². The maximum Gasteiger partial charge on any atom is 0.270 e. The van der Waals surface area contributed by atoms with Gasteiger partial charge in [0.15, 0.2) is 0 Å². The number of carbonyl (C=O) groups excluding carboxylic acids is 2. The Hall–Kier alpha value is -2.30. The van der Waals surface area contributed by atoms with Crippen LogP contribution in [0.2, 0.25) is 0 Å². The van der Waals surface area contributed by atoms with E-state index in [1.54, 1.807) is 29.6 Å². The van der Waals surface area contributed by atoms with Crippen molar-refractivity contribution in [2.45, 2.75) is 58.3 Å². The number of thiazole rings is 1. The first-order valence-corrected chi connectivity index (χ1v) is 14.8. The highest BCUT2D eigenvalue weighted by Gasteiger charge is 2.68. The number of piperidine rings is 1. The molecule has 0 atom stereocenters. The zero-order chi connectivity index (χ0) is 26.3. The van der Waals surface area contributed by atoms with Crippen LogP contribution in [-0.2, 0) is 14.8 Å². The van der Waals surface area contributed by atoms with Crippen LogP contribution < -0.4 is 10.0 Å². The summed E-state index contributed by atoms with van der Waals surface area (Å²) in [6, 6.07) is 6.60. The standard InChI is InChI=1S/C26H36N4O4S2/c1-17-6-8-19(9-7-17)36(33,34)28-13-12-27-22(31)20-16-35-23(29-20)18-10-14-30(15-11-18)24(32)21-25(2,3)26(21,4)5/h6-9,16,18,21,28H,10-15H2,1-5H3,(H,27,31). The molecule has 4 rings (SSSR count). The third kappa shape index (κ3) is 5.21. The van der Waals surface area contributed by atoms with Crippen molar-refractivity contribution in [1.82, 2.24) is 19.9 Å². The minimum absolute atomic E-state index is 0.0406. The summed E-state index contributed by atoms with van der Waals surface area (Å²) in [7, 11) is -3.62. The Morgan fingerprint density at radius 2 is 1.67 bits per heavy atom. The average molecular weight is 533 g/mol. The van der Waals surface area contributed by atoms with Crippen LogP contribution >= 0.6 is 11.3 Å². The van der Waals surface area contributed by atoms with Crippen LogP contribution in [-0.4, -0.2) is 56.3 Å².